The third-order valence-corrected chi connectivity index (χ3v) is 4.06. The van der Waals surface area contributed by atoms with Gasteiger partial charge < -0.3 is 11.1 Å². The molecule has 2 rings (SSSR count). The summed E-state index contributed by atoms with van der Waals surface area (Å²) < 4.78 is 0. The predicted octanol–water partition coefficient (Wildman–Crippen LogP) is 2.05. The molecule has 3 N–H and O–H groups in total. The monoisotopic (exact) mass is 275 g/mol. The predicted molar refractivity (Wildman–Crippen MR) is 85.9 cm³/mol. The highest BCUT2D eigenvalue weighted by Gasteiger charge is 2.27. The Morgan fingerprint density at radius 2 is 2.00 bits per heavy atom. The Labute approximate surface area is 123 Å². The molecule has 1 aromatic carbocycles. The Bertz CT molecular complexity index is 377. The van der Waals surface area contributed by atoms with Crippen LogP contribution in [0.4, 0.5) is 0 Å². The molecule has 3 heteroatoms. The average molecular weight is 275 g/mol. The van der Waals surface area contributed by atoms with E-state index < -0.39 is 0 Å². The van der Waals surface area contributed by atoms with Crippen molar-refractivity contribution in [3.63, 3.8) is 0 Å². The molecule has 0 aromatic heterocycles. The average Bonchev–Trinajstić information content (AvgIpc) is 2.46. The molecule has 2 unspecified atom stereocenters. The van der Waals surface area contributed by atoms with Crippen molar-refractivity contribution in [2.24, 2.45) is 11.7 Å². The SMILES string of the molecule is CC(C)CNC1CC(c2ccccc2)CN(CCN)C1. The van der Waals surface area contributed by atoms with Gasteiger partial charge in [-0.15, -0.1) is 0 Å². The largest absolute Gasteiger partial charge is 0.329 e. The number of piperidine rings is 1. The number of nitrogens with one attached hydrogen (secondary N) is 1. The molecule has 1 aliphatic heterocycles. The molecule has 3 nitrogen and oxygen atoms in total. The lowest BCUT2D eigenvalue weighted by atomic mass is 9.88. The second-order valence-corrected chi connectivity index (χ2v) is 6.39. The first-order valence-corrected chi connectivity index (χ1v) is 7.89. The van der Waals surface area contributed by atoms with Gasteiger partial charge in [0.2, 0.25) is 0 Å². The summed E-state index contributed by atoms with van der Waals surface area (Å²) >= 11 is 0. The molecule has 1 aromatic rings. The van der Waals surface area contributed by atoms with Crippen molar-refractivity contribution in [2.45, 2.75) is 32.2 Å². The zero-order valence-corrected chi connectivity index (χ0v) is 12.9. The van der Waals surface area contributed by atoms with E-state index >= 15 is 0 Å². The fraction of sp³-hybridized carbons (Fsp3) is 0.647. The normalized spacial score (nSPS) is 24.2. The lowest BCUT2D eigenvalue weighted by molar-refractivity contribution is 0.173. The molecule has 0 spiro atoms. The molecule has 0 aliphatic carbocycles. The summed E-state index contributed by atoms with van der Waals surface area (Å²) in [6.07, 6.45) is 1.23. The molecular weight excluding hydrogens is 246 g/mol. The van der Waals surface area contributed by atoms with Crippen molar-refractivity contribution in [1.29, 1.82) is 0 Å². The maximum Gasteiger partial charge on any atom is 0.0201 e. The molecule has 0 radical (unpaired) electrons. The van der Waals surface area contributed by atoms with Crippen LogP contribution in [0.15, 0.2) is 30.3 Å². The zero-order valence-electron chi connectivity index (χ0n) is 12.9. The number of rotatable bonds is 6. The van der Waals surface area contributed by atoms with E-state index in [-0.39, 0.29) is 0 Å². The summed E-state index contributed by atoms with van der Waals surface area (Å²) in [6.45, 7) is 9.66. The van der Waals surface area contributed by atoms with Gasteiger partial charge >= 0.3 is 0 Å². The van der Waals surface area contributed by atoms with Gasteiger partial charge in [0.25, 0.3) is 0 Å². The maximum atomic E-state index is 5.75. The lowest BCUT2D eigenvalue weighted by Gasteiger charge is -2.38. The van der Waals surface area contributed by atoms with E-state index in [1.54, 1.807) is 0 Å². The third kappa shape index (κ3) is 4.58. The highest BCUT2D eigenvalue weighted by molar-refractivity contribution is 5.21. The van der Waals surface area contributed by atoms with Crippen LogP contribution in [0.2, 0.25) is 0 Å². The van der Waals surface area contributed by atoms with Crippen LogP contribution in [0.25, 0.3) is 0 Å². The van der Waals surface area contributed by atoms with Crippen molar-refractivity contribution in [1.82, 2.24) is 10.2 Å². The van der Waals surface area contributed by atoms with Gasteiger partial charge in [0, 0.05) is 32.2 Å². The molecule has 0 saturated carbocycles. The van der Waals surface area contributed by atoms with Crippen molar-refractivity contribution in [3.8, 4) is 0 Å². The van der Waals surface area contributed by atoms with Crippen LogP contribution in [0.1, 0.15) is 31.7 Å². The molecule has 0 bridgehead atoms. The Morgan fingerprint density at radius 1 is 1.25 bits per heavy atom. The van der Waals surface area contributed by atoms with E-state index in [4.69, 9.17) is 5.73 Å². The number of nitrogens with zero attached hydrogens (tertiary/aromatic N) is 1. The quantitative estimate of drug-likeness (QED) is 0.835. The standard InChI is InChI=1S/C17H29N3/c1-14(2)11-19-17-10-16(12-20(13-17)9-8-18)15-6-4-3-5-7-15/h3-7,14,16-17,19H,8-13,18H2,1-2H3. The topological polar surface area (TPSA) is 41.3 Å². The number of benzene rings is 1. The Kier molecular flexibility index (Phi) is 6.02. The first-order chi connectivity index (χ1) is 9.69. The van der Waals surface area contributed by atoms with Crippen molar-refractivity contribution in [3.05, 3.63) is 35.9 Å². The van der Waals surface area contributed by atoms with Gasteiger partial charge in [-0.1, -0.05) is 44.2 Å². The summed E-state index contributed by atoms with van der Waals surface area (Å²) in [4.78, 5) is 2.51. The maximum absolute atomic E-state index is 5.75. The highest BCUT2D eigenvalue weighted by Crippen LogP contribution is 2.26. The molecule has 2 atom stereocenters. The van der Waals surface area contributed by atoms with E-state index in [0.717, 1.165) is 32.7 Å². The van der Waals surface area contributed by atoms with Crippen LogP contribution < -0.4 is 11.1 Å². The van der Waals surface area contributed by atoms with Gasteiger partial charge in [-0.25, -0.2) is 0 Å². The molecule has 0 amide bonds. The molecule has 1 heterocycles. The second-order valence-electron chi connectivity index (χ2n) is 6.39. The summed E-state index contributed by atoms with van der Waals surface area (Å²) in [5.74, 6) is 1.33. The van der Waals surface area contributed by atoms with Crippen LogP contribution >= 0.6 is 0 Å². The van der Waals surface area contributed by atoms with Gasteiger partial charge in [0.1, 0.15) is 0 Å². The second kappa shape index (κ2) is 7.77. The molecular formula is C17H29N3. The van der Waals surface area contributed by atoms with Crippen molar-refractivity contribution in [2.75, 3.05) is 32.7 Å². The third-order valence-electron chi connectivity index (χ3n) is 4.06. The van der Waals surface area contributed by atoms with Gasteiger partial charge in [-0.3, -0.25) is 4.90 Å². The lowest BCUT2D eigenvalue weighted by Crippen LogP contribution is -2.50. The minimum Gasteiger partial charge on any atom is -0.329 e. The smallest absolute Gasteiger partial charge is 0.0201 e. The van der Waals surface area contributed by atoms with Crippen molar-refractivity contribution >= 4 is 0 Å². The van der Waals surface area contributed by atoms with Crippen LogP contribution in [-0.4, -0.2) is 43.7 Å². The molecule has 1 saturated heterocycles. The molecule has 112 valence electrons. The summed E-state index contributed by atoms with van der Waals surface area (Å²) in [6, 6.07) is 11.5. The van der Waals surface area contributed by atoms with E-state index in [0.29, 0.717) is 17.9 Å². The minimum absolute atomic E-state index is 0.586. The van der Waals surface area contributed by atoms with E-state index in [1.807, 2.05) is 0 Å². The number of hydrogen-bond acceptors (Lipinski definition) is 3. The Balaban J connectivity index is 2.00. The van der Waals surface area contributed by atoms with E-state index in [9.17, 15) is 0 Å². The van der Waals surface area contributed by atoms with Crippen LogP contribution in [-0.2, 0) is 0 Å². The van der Waals surface area contributed by atoms with Gasteiger partial charge in [0.05, 0.1) is 0 Å². The van der Waals surface area contributed by atoms with Gasteiger partial charge in [-0.2, -0.15) is 0 Å². The first-order valence-electron chi connectivity index (χ1n) is 7.89. The highest BCUT2D eigenvalue weighted by atomic mass is 15.2. The van der Waals surface area contributed by atoms with Crippen LogP contribution in [0.3, 0.4) is 0 Å². The Hall–Kier alpha value is -0.900. The zero-order chi connectivity index (χ0) is 14.4. The molecule has 20 heavy (non-hydrogen) atoms. The van der Waals surface area contributed by atoms with Crippen LogP contribution in [0.5, 0.6) is 0 Å². The van der Waals surface area contributed by atoms with Gasteiger partial charge in [-0.05, 0) is 30.4 Å². The number of likely N-dealkylation sites (tertiary alicyclic amines) is 1. The summed E-state index contributed by atoms with van der Waals surface area (Å²) in [7, 11) is 0. The summed E-state index contributed by atoms with van der Waals surface area (Å²) in [5.41, 5.74) is 7.21. The van der Waals surface area contributed by atoms with E-state index in [1.165, 1.54) is 12.0 Å². The number of nitrogens with two attached hydrogens (primary N) is 1. The fourth-order valence-electron chi connectivity index (χ4n) is 3.07. The summed E-state index contributed by atoms with van der Waals surface area (Å²) in [5, 5.41) is 3.73. The van der Waals surface area contributed by atoms with Gasteiger partial charge in [0.15, 0.2) is 0 Å². The fourth-order valence-corrected chi connectivity index (χ4v) is 3.07. The first kappa shape index (κ1) is 15.5. The molecule has 1 aliphatic rings. The minimum atomic E-state index is 0.586. The number of hydrogen-bond donors (Lipinski definition) is 2. The van der Waals surface area contributed by atoms with Crippen molar-refractivity contribution < 1.29 is 0 Å². The Morgan fingerprint density at radius 3 is 2.65 bits per heavy atom. The molecule has 1 fully saturated rings. The van der Waals surface area contributed by atoms with Crippen LogP contribution in [0, 0.1) is 5.92 Å². The van der Waals surface area contributed by atoms with E-state index in [2.05, 4.69) is 54.4 Å².